The predicted octanol–water partition coefficient (Wildman–Crippen LogP) is 2.44. The summed E-state index contributed by atoms with van der Waals surface area (Å²) in [7, 11) is 6.27. The van der Waals surface area contributed by atoms with Crippen LogP contribution in [-0.2, 0) is 0 Å². The minimum atomic E-state index is 0.161. The molecule has 0 spiro atoms. The third-order valence-electron chi connectivity index (χ3n) is 2.83. The summed E-state index contributed by atoms with van der Waals surface area (Å²) in [5.74, 6) is 0.837. The molecule has 0 aliphatic heterocycles. The SMILES string of the molecule is CC(C)Oc1cc(N)cc(N(C)CCCN(C)C)c1. The molecule has 1 rings (SSSR count). The van der Waals surface area contributed by atoms with Gasteiger partial charge in [-0.05, 0) is 47.0 Å². The molecule has 4 heteroatoms. The number of nitrogens with two attached hydrogens (primary N) is 1. The van der Waals surface area contributed by atoms with Crippen LogP contribution in [0.1, 0.15) is 20.3 Å². The zero-order valence-corrected chi connectivity index (χ0v) is 12.8. The van der Waals surface area contributed by atoms with Crippen LogP contribution in [0.15, 0.2) is 18.2 Å². The molecule has 0 saturated heterocycles. The second-order valence-corrected chi connectivity index (χ2v) is 5.51. The van der Waals surface area contributed by atoms with Crippen molar-refractivity contribution in [3.05, 3.63) is 18.2 Å². The molecule has 0 amide bonds. The molecule has 0 aliphatic carbocycles. The maximum Gasteiger partial charge on any atom is 0.123 e. The summed E-state index contributed by atoms with van der Waals surface area (Å²) in [5, 5.41) is 0. The van der Waals surface area contributed by atoms with Gasteiger partial charge < -0.3 is 20.3 Å². The van der Waals surface area contributed by atoms with E-state index >= 15 is 0 Å². The van der Waals surface area contributed by atoms with Crippen LogP contribution in [0.5, 0.6) is 5.75 Å². The molecule has 1 aromatic rings. The summed E-state index contributed by atoms with van der Waals surface area (Å²) in [4.78, 5) is 4.41. The van der Waals surface area contributed by atoms with Gasteiger partial charge in [0.25, 0.3) is 0 Å². The number of hydrogen-bond acceptors (Lipinski definition) is 4. The summed E-state index contributed by atoms with van der Waals surface area (Å²) >= 11 is 0. The minimum Gasteiger partial charge on any atom is -0.491 e. The average Bonchev–Trinajstić information content (AvgIpc) is 2.26. The average molecular weight is 265 g/mol. The molecule has 108 valence electrons. The van der Waals surface area contributed by atoms with Crippen LogP contribution in [0.2, 0.25) is 0 Å². The maximum absolute atomic E-state index is 5.93. The Balaban J connectivity index is 2.67. The number of benzene rings is 1. The Kier molecular flexibility index (Phi) is 5.96. The van der Waals surface area contributed by atoms with Crippen molar-refractivity contribution in [2.45, 2.75) is 26.4 Å². The molecular formula is C15H27N3O. The van der Waals surface area contributed by atoms with Gasteiger partial charge in [0.15, 0.2) is 0 Å². The van der Waals surface area contributed by atoms with Gasteiger partial charge in [0.05, 0.1) is 6.10 Å². The molecule has 4 nitrogen and oxygen atoms in total. The van der Waals surface area contributed by atoms with E-state index in [1.807, 2.05) is 32.0 Å². The Morgan fingerprint density at radius 1 is 1.11 bits per heavy atom. The Bertz CT molecular complexity index is 391. The number of hydrogen-bond donors (Lipinski definition) is 1. The van der Waals surface area contributed by atoms with Gasteiger partial charge in [-0.2, -0.15) is 0 Å². The number of anilines is 2. The molecule has 0 atom stereocenters. The Hall–Kier alpha value is -1.42. The van der Waals surface area contributed by atoms with Gasteiger partial charge >= 0.3 is 0 Å². The van der Waals surface area contributed by atoms with Gasteiger partial charge in [0.1, 0.15) is 5.75 Å². The Labute approximate surface area is 117 Å². The van der Waals surface area contributed by atoms with Crippen molar-refractivity contribution >= 4 is 11.4 Å². The molecule has 2 N–H and O–H groups in total. The smallest absolute Gasteiger partial charge is 0.123 e. The van der Waals surface area contributed by atoms with Gasteiger partial charge in [-0.25, -0.2) is 0 Å². The standard InChI is InChI=1S/C15H27N3O/c1-12(2)19-15-10-13(16)9-14(11-15)18(5)8-6-7-17(3)4/h9-12H,6-8,16H2,1-5H3. The van der Waals surface area contributed by atoms with Crippen LogP contribution in [0, 0.1) is 0 Å². The molecule has 0 fully saturated rings. The van der Waals surface area contributed by atoms with Crippen molar-refractivity contribution in [1.82, 2.24) is 4.90 Å². The van der Waals surface area contributed by atoms with Gasteiger partial charge in [0.2, 0.25) is 0 Å². The highest BCUT2D eigenvalue weighted by Gasteiger charge is 2.06. The highest BCUT2D eigenvalue weighted by molar-refractivity contribution is 5.60. The second-order valence-electron chi connectivity index (χ2n) is 5.51. The van der Waals surface area contributed by atoms with Gasteiger partial charge in [-0.15, -0.1) is 0 Å². The van der Waals surface area contributed by atoms with Crippen molar-refractivity contribution in [2.24, 2.45) is 0 Å². The quantitative estimate of drug-likeness (QED) is 0.769. The summed E-state index contributed by atoms with van der Waals surface area (Å²) in [6.07, 6.45) is 1.28. The molecule has 0 aliphatic rings. The lowest BCUT2D eigenvalue weighted by Crippen LogP contribution is -2.23. The summed E-state index contributed by atoms with van der Waals surface area (Å²) in [5.41, 5.74) is 7.78. The molecule has 0 unspecified atom stereocenters. The fourth-order valence-electron chi connectivity index (χ4n) is 1.92. The lowest BCUT2D eigenvalue weighted by Gasteiger charge is -2.22. The lowest BCUT2D eigenvalue weighted by atomic mass is 10.2. The van der Waals surface area contributed by atoms with E-state index in [0.717, 1.165) is 36.6 Å². The number of nitrogens with zero attached hydrogens (tertiary/aromatic N) is 2. The molecule has 0 heterocycles. The van der Waals surface area contributed by atoms with E-state index in [2.05, 4.69) is 30.9 Å². The first-order valence-electron chi connectivity index (χ1n) is 6.81. The van der Waals surface area contributed by atoms with E-state index in [1.165, 1.54) is 0 Å². The molecule has 19 heavy (non-hydrogen) atoms. The van der Waals surface area contributed by atoms with Crippen LogP contribution < -0.4 is 15.4 Å². The first kappa shape index (κ1) is 15.6. The van der Waals surface area contributed by atoms with Crippen LogP contribution in [-0.4, -0.2) is 45.2 Å². The van der Waals surface area contributed by atoms with E-state index in [4.69, 9.17) is 10.5 Å². The van der Waals surface area contributed by atoms with E-state index in [-0.39, 0.29) is 6.10 Å². The zero-order valence-electron chi connectivity index (χ0n) is 12.8. The van der Waals surface area contributed by atoms with Gasteiger partial charge in [-0.3, -0.25) is 0 Å². The van der Waals surface area contributed by atoms with Crippen LogP contribution in [0.3, 0.4) is 0 Å². The minimum absolute atomic E-state index is 0.161. The fourth-order valence-corrected chi connectivity index (χ4v) is 1.92. The zero-order chi connectivity index (χ0) is 14.4. The molecule has 0 bridgehead atoms. The normalized spacial score (nSPS) is 11.1. The molecule has 0 aromatic heterocycles. The topological polar surface area (TPSA) is 41.7 Å². The van der Waals surface area contributed by atoms with Crippen molar-refractivity contribution in [3.63, 3.8) is 0 Å². The second kappa shape index (κ2) is 7.24. The highest BCUT2D eigenvalue weighted by atomic mass is 16.5. The molecule has 0 radical (unpaired) electrons. The summed E-state index contributed by atoms with van der Waals surface area (Å²) in [6.45, 7) is 6.12. The fraction of sp³-hybridized carbons (Fsp3) is 0.600. The predicted molar refractivity (Wildman–Crippen MR) is 83.1 cm³/mol. The number of ether oxygens (including phenoxy) is 1. The monoisotopic (exact) mass is 265 g/mol. The largest absolute Gasteiger partial charge is 0.491 e. The molecule has 0 saturated carbocycles. The molecule has 1 aromatic carbocycles. The van der Waals surface area contributed by atoms with E-state index in [9.17, 15) is 0 Å². The first-order valence-corrected chi connectivity index (χ1v) is 6.81. The lowest BCUT2D eigenvalue weighted by molar-refractivity contribution is 0.242. The van der Waals surface area contributed by atoms with Crippen LogP contribution in [0.25, 0.3) is 0 Å². The Morgan fingerprint density at radius 3 is 2.37 bits per heavy atom. The number of rotatable bonds is 7. The number of nitrogen functional groups attached to an aromatic ring is 1. The summed E-state index contributed by atoms with van der Waals surface area (Å²) < 4.78 is 5.71. The van der Waals surface area contributed by atoms with Crippen molar-refractivity contribution in [3.8, 4) is 5.75 Å². The molecular weight excluding hydrogens is 238 g/mol. The van der Waals surface area contributed by atoms with Gasteiger partial charge in [-0.1, -0.05) is 0 Å². The van der Waals surface area contributed by atoms with Crippen molar-refractivity contribution in [2.75, 3.05) is 44.9 Å². The van der Waals surface area contributed by atoms with Crippen molar-refractivity contribution in [1.29, 1.82) is 0 Å². The van der Waals surface area contributed by atoms with E-state index in [1.54, 1.807) is 0 Å². The maximum atomic E-state index is 5.93. The van der Waals surface area contributed by atoms with E-state index in [0.29, 0.717) is 0 Å². The van der Waals surface area contributed by atoms with Gasteiger partial charge in [0, 0.05) is 37.1 Å². The highest BCUT2D eigenvalue weighted by Crippen LogP contribution is 2.25. The van der Waals surface area contributed by atoms with Crippen LogP contribution >= 0.6 is 0 Å². The Morgan fingerprint density at radius 2 is 1.79 bits per heavy atom. The first-order chi connectivity index (χ1) is 8.88. The van der Waals surface area contributed by atoms with E-state index < -0.39 is 0 Å². The third kappa shape index (κ3) is 5.83. The van der Waals surface area contributed by atoms with Crippen molar-refractivity contribution < 1.29 is 4.74 Å². The van der Waals surface area contributed by atoms with Crippen LogP contribution in [0.4, 0.5) is 11.4 Å². The third-order valence-corrected chi connectivity index (χ3v) is 2.83. The summed E-state index contributed by atoms with van der Waals surface area (Å²) in [6, 6.07) is 5.91.